The third-order valence-electron chi connectivity index (χ3n) is 2.31. The van der Waals surface area contributed by atoms with Crippen LogP contribution in [0, 0.1) is 11.6 Å². The van der Waals surface area contributed by atoms with Gasteiger partial charge in [-0.15, -0.1) is 0 Å². The maximum atomic E-state index is 13.2. The number of hydrogen-bond donors (Lipinski definition) is 1. The summed E-state index contributed by atoms with van der Waals surface area (Å²) in [6.45, 7) is 0. The van der Waals surface area contributed by atoms with E-state index in [0.29, 0.717) is 0 Å². The van der Waals surface area contributed by atoms with Crippen molar-refractivity contribution < 1.29 is 22.3 Å². The number of hydrogen-bond acceptors (Lipinski definition) is 3. The third-order valence-corrected chi connectivity index (χ3v) is 3.34. The molecular formula is C11H14F2O3S. The molecule has 17 heavy (non-hydrogen) atoms. The van der Waals surface area contributed by atoms with E-state index in [-0.39, 0.29) is 24.2 Å². The highest BCUT2D eigenvalue weighted by atomic mass is 32.2. The Morgan fingerprint density at radius 1 is 1.35 bits per heavy atom. The van der Waals surface area contributed by atoms with Gasteiger partial charge in [0.1, 0.15) is 21.5 Å². The molecular weight excluding hydrogens is 250 g/mol. The molecule has 1 unspecified atom stereocenters. The summed E-state index contributed by atoms with van der Waals surface area (Å²) < 4.78 is 47.8. The summed E-state index contributed by atoms with van der Waals surface area (Å²) in [7, 11) is -3.10. The van der Waals surface area contributed by atoms with Crippen LogP contribution in [0.4, 0.5) is 8.78 Å². The first-order valence-electron chi connectivity index (χ1n) is 5.10. The molecule has 0 saturated carbocycles. The van der Waals surface area contributed by atoms with Crippen molar-refractivity contribution in [3.05, 3.63) is 35.4 Å². The number of sulfone groups is 1. The Balaban J connectivity index is 2.64. The van der Waals surface area contributed by atoms with Crippen LogP contribution in [0.3, 0.4) is 0 Å². The van der Waals surface area contributed by atoms with Gasteiger partial charge in [-0.2, -0.15) is 0 Å². The van der Waals surface area contributed by atoms with E-state index in [4.69, 9.17) is 0 Å². The van der Waals surface area contributed by atoms with E-state index in [1.165, 1.54) is 0 Å². The number of benzene rings is 1. The number of rotatable bonds is 5. The monoisotopic (exact) mass is 264 g/mol. The zero-order valence-electron chi connectivity index (χ0n) is 9.36. The van der Waals surface area contributed by atoms with Crippen LogP contribution in [-0.4, -0.2) is 25.5 Å². The van der Waals surface area contributed by atoms with Gasteiger partial charge in [0.2, 0.25) is 0 Å². The molecule has 1 aromatic carbocycles. The Labute approximate surface area is 99.0 Å². The van der Waals surface area contributed by atoms with Crippen molar-refractivity contribution in [2.45, 2.75) is 18.9 Å². The predicted octanol–water partition coefficient (Wildman–Crippen LogP) is 1.82. The Kier molecular flexibility index (Phi) is 4.59. The Bertz CT molecular complexity index is 485. The van der Waals surface area contributed by atoms with Crippen molar-refractivity contribution in [2.75, 3.05) is 12.0 Å². The van der Waals surface area contributed by atoms with Gasteiger partial charge in [-0.25, -0.2) is 17.2 Å². The molecule has 3 nitrogen and oxygen atoms in total. The fourth-order valence-electron chi connectivity index (χ4n) is 1.46. The van der Waals surface area contributed by atoms with E-state index < -0.39 is 27.6 Å². The summed E-state index contributed by atoms with van der Waals surface area (Å²) in [5, 5.41) is 9.62. The normalized spacial score (nSPS) is 13.6. The molecule has 0 fully saturated rings. The molecule has 0 aliphatic rings. The molecule has 1 N–H and O–H groups in total. The van der Waals surface area contributed by atoms with Crippen molar-refractivity contribution in [1.29, 1.82) is 0 Å². The zero-order chi connectivity index (χ0) is 13.1. The van der Waals surface area contributed by atoms with Crippen molar-refractivity contribution >= 4 is 9.84 Å². The second-order valence-corrected chi connectivity index (χ2v) is 6.21. The fraction of sp³-hybridized carbons (Fsp3) is 0.455. The molecule has 0 aliphatic carbocycles. The molecule has 0 radical (unpaired) electrons. The van der Waals surface area contributed by atoms with Crippen LogP contribution < -0.4 is 0 Å². The third kappa shape index (κ3) is 4.79. The van der Waals surface area contributed by atoms with E-state index in [1.54, 1.807) is 0 Å². The average molecular weight is 264 g/mol. The lowest BCUT2D eigenvalue weighted by atomic mass is 10.0. The van der Waals surface area contributed by atoms with Crippen LogP contribution in [0.1, 0.15) is 24.5 Å². The predicted molar refractivity (Wildman–Crippen MR) is 60.3 cm³/mol. The van der Waals surface area contributed by atoms with Crippen LogP contribution in [0.2, 0.25) is 0 Å². The van der Waals surface area contributed by atoms with Crippen LogP contribution in [0.25, 0.3) is 0 Å². The average Bonchev–Trinajstić information content (AvgIpc) is 2.19. The maximum Gasteiger partial charge on any atom is 0.147 e. The Hall–Kier alpha value is -1.01. The molecule has 0 aromatic heterocycles. The van der Waals surface area contributed by atoms with Crippen LogP contribution >= 0.6 is 0 Å². The van der Waals surface area contributed by atoms with Gasteiger partial charge < -0.3 is 5.11 Å². The van der Waals surface area contributed by atoms with Crippen molar-refractivity contribution in [2.24, 2.45) is 0 Å². The number of aliphatic hydroxyl groups excluding tert-OH is 1. The zero-order valence-corrected chi connectivity index (χ0v) is 10.2. The molecule has 96 valence electrons. The molecule has 1 rings (SSSR count). The van der Waals surface area contributed by atoms with E-state index in [9.17, 15) is 22.3 Å². The van der Waals surface area contributed by atoms with Crippen LogP contribution in [-0.2, 0) is 9.84 Å². The summed E-state index contributed by atoms with van der Waals surface area (Å²) in [6.07, 6.45) is 0.179. The highest BCUT2D eigenvalue weighted by Gasteiger charge is 2.14. The molecule has 0 saturated heterocycles. The van der Waals surface area contributed by atoms with Gasteiger partial charge in [0.05, 0.1) is 6.10 Å². The molecule has 0 spiro atoms. The molecule has 0 heterocycles. The van der Waals surface area contributed by atoms with Gasteiger partial charge in [0.25, 0.3) is 0 Å². The smallest absolute Gasteiger partial charge is 0.147 e. The van der Waals surface area contributed by atoms with Crippen LogP contribution in [0.5, 0.6) is 0 Å². The van der Waals surface area contributed by atoms with Gasteiger partial charge in [0.15, 0.2) is 0 Å². The van der Waals surface area contributed by atoms with Gasteiger partial charge in [0, 0.05) is 17.6 Å². The quantitative estimate of drug-likeness (QED) is 0.882. The summed E-state index contributed by atoms with van der Waals surface area (Å²) >= 11 is 0. The molecule has 0 amide bonds. The molecule has 6 heteroatoms. The maximum absolute atomic E-state index is 13.2. The first-order chi connectivity index (χ1) is 7.79. The minimum absolute atomic E-state index is 0.0768. The fourth-order valence-corrected chi connectivity index (χ4v) is 2.16. The van der Waals surface area contributed by atoms with E-state index in [0.717, 1.165) is 24.5 Å². The second kappa shape index (κ2) is 5.55. The standard InChI is InChI=1S/C11H14F2O3S/c1-17(15,16)6-2-3-11(14)9-7-8(12)4-5-10(9)13/h4-5,7,11,14H,2-3,6H2,1H3. The molecule has 0 bridgehead atoms. The van der Waals surface area contributed by atoms with Gasteiger partial charge in [-0.05, 0) is 31.0 Å². The number of halogens is 2. The number of aliphatic hydroxyl groups is 1. The lowest BCUT2D eigenvalue weighted by Crippen LogP contribution is -2.07. The summed E-state index contributed by atoms with van der Waals surface area (Å²) in [5.74, 6) is -1.41. The first kappa shape index (κ1) is 14.1. The summed E-state index contributed by atoms with van der Waals surface area (Å²) in [5.41, 5.74) is -0.140. The van der Waals surface area contributed by atoms with Crippen molar-refractivity contribution in [1.82, 2.24) is 0 Å². The minimum Gasteiger partial charge on any atom is -0.388 e. The minimum atomic E-state index is -3.10. The Morgan fingerprint density at radius 2 is 2.00 bits per heavy atom. The molecule has 1 aromatic rings. The second-order valence-electron chi connectivity index (χ2n) is 3.95. The summed E-state index contributed by atoms with van der Waals surface area (Å²) in [6, 6.07) is 2.81. The lowest BCUT2D eigenvalue weighted by molar-refractivity contribution is 0.161. The van der Waals surface area contributed by atoms with E-state index in [1.807, 2.05) is 0 Å². The van der Waals surface area contributed by atoms with E-state index >= 15 is 0 Å². The lowest BCUT2D eigenvalue weighted by Gasteiger charge is -2.11. The highest BCUT2D eigenvalue weighted by molar-refractivity contribution is 7.90. The Morgan fingerprint density at radius 3 is 2.59 bits per heavy atom. The van der Waals surface area contributed by atoms with Gasteiger partial charge in [-0.1, -0.05) is 0 Å². The first-order valence-corrected chi connectivity index (χ1v) is 7.16. The SMILES string of the molecule is CS(=O)(=O)CCCC(O)c1cc(F)ccc1F. The van der Waals surface area contributed by atoms with E-state index in [2.05, 4.69) is 0 Å². The molecule has 1 atom stereocenters. The van der Waals surface area contributed by atoms with Crippen molar-refractivity contribution in [3.63, 3.8) is 0 Å². The van der Waals surface area contributed by atoms with Gasteiger partial charge >= 0.3 is 0 Å². The summed E-state index contributed by atoms with van der Waals surface area (Å²) in [4.78, 5) is 0. The van der Waals surface area contributed by atoms with Crippen LogP contribution in [0.15, 0.2) is 18.2 Å². The van der Waals surface area contributed by atoms with Crippen molar-refractivity contribution in [3.8, 4) is 0 Å². The molecule has 0 aliphatic heterocycles. The topological polar surface area (TPSA) is 54.4 Å². The van der Waals surface area contributed by atoms with Gasteiger partial charge in [-0.3, -0.25) is 0 Å². The highest BCUT2D eigenvalue weighted by Crippen LogP contribution is 2.22. The largest absolute Gasteiger partial charge is 0.388 e.